The van der Waals surface area contributed by atoms with Gasteiger partial charge in [0.25, 0.3) is 5.91 Å². The Hall–Kier alpha value is -1.49. The number of nitrogens with zero attached hydrogens (tertiary/aromatic N) is 1. The average molecular weight is 279 g/mol. The Bertz CT molecular complexity index is 503. The van der Waals surface area contributed by atoms with Crippen molar-refractivity contribution in [1.29, 1.82) is 0 Å². The first kappa shape index (κ1) is 13.9. The van der Waals surface area contributed by atoms with E-state index in [1.165, 1.54) is 6.07 Å². The summed E-state index contributed by atoms with van der Waals surface area (Å²) in [6.45, 7) is 4.78. The molecule has 1 aromatic rings. The Kier molecular flexibility index (Phi) is 4.14. The van der Waals surface area contributed by atoms with E-state index < -0.39 is 5.97 Å². The molecule has 1 aliphatic heterocycles. The van der Waals surface area contributed by atoms with Crippen LogP contribution in [0.1, 0.15) is 34.6 Å². The van der Waals surface area contributed by atoms with E-state index in [1.54, 1.807) is 23.1 Å². The van der Waals surface area contributed by atoms with Crippen LogP contribution in [0.5, 0.6) is 0 Å². The lowest BCUT2D eigenvalue weighted by Crippen LogP contribution is -2.48. The van der Waals surface area contributed by atoms with E-state index in [2.05, 4.69) is 6.92 Å². The molecule has 0 saturated carbocycles. The van der Waals surface area contributed by atoms with Crippen molar-refractivity contribution in [3.8, 4) is 0 Å². The van der Waals surface area contributed by atoms with E-state index in [9.17, 15) is 9.59 Å². The monoisotopic (exact) mass is 279 g/mol. The van der Waals surface area contributed by atoms with Gasteiger partial charge in [-0.1, -0.05) is 19.1 Å². The fraction of sp³-hybridized carbons (Fsp3) is 0.429. The van der Waals surface area contributed by atoms with E-state index in [1.807, 2.05) is 18.7 Å². The average Bonchev–Trinajstić information content (AvgIpc) is 2.41. The number of aromatic carboxylic acids is 1. The molecule has 1 saturated heterocycles. The van der Waals surface area contributed by atoms with E-state index in [4.69, 9.17) is 5.11 Å². The maximum Gasteiger partial charge on any atom is 0.336 e. The number of benzene rings is 1. The first-order chi connectivity index (χ1) is 9.02. The highest BCUT2D eigenvalue weighted by Gasteiger charge is 2.31. The summed E-state index contributed by atoms with van der Waals surface area (Å²) in [7, 11) is 0. The Balaban J connectivity index is 2.31. The lowest BCUT2D eigenvalue weighted by atomic mass is 10.0. The van der Waals surface area contributed by atoms with Gasteiger partial charge in [0.1, 0.15) is 0 Å². The normalized spacial score (nSPS) is 23.2. The smallest absolute Gasteiger partial charge is 0.336 e. The zero-order valence-electron chi connectivity index (χ0n) is 11.0. The van der Waals surface area contributed by atoms with Crippen molar-refractivity contribution in [2.45, 2.75) is 25.1 Å². The Morgan fingerprint density at radius 2 is 1.89 bits per heavy atom. The first-order valence-electron chi connectivity index (χ1n) is 6.27. The maximum absolute atomic E-state index is 12.5. The van der Waals surface area contributed by atoms with Crippen LogP contribution in [-0.2, 0) is 0 Å². The van der Waals surface area contributed by atoms with Crippen LogP contribution in [0.2, 0.25) is 0 Å². The largest absolute Gasteiger partial charge is 0.478 e. The van der Waals surface area contributed by atoms with Gasteiger partial charge in [-0.15, -0.1) is 0 Å². The predicted molar refractivity (Wildman–Crippen MR) is 75.8 cm³/mol. The molecule has 1 amide bonds. The first-order valence-corrected chi connectivity index (χ1v) is 7.32. The van der Waals surface area contributed by atoms with E-state index in [0.29, 0.717) is 11.8 Å². The van der Waals surface area contributed by atoms with Crippen molar-refractivity contribution in [2.75, 3.05) is 12.3 Å². The maximum atomic E-state index is 12.5. The minimum absolute atomic E-state index is 0.0746. The summed E-state index contributed by atoms with van der Waals surface area (Å²) < 4.78 is 0. The summed E-state index contributed by atoms with van der Waals surface area (Å²) in [5.74, 6) is -0.347. The molecule has 102 valence electrons. The number of carbonyl (C=O) groups excluding carboxylic acids is 1. The molecule has 0 bridgehead atoms. The number of thioether (sulfide) groups is 1. The van der Waals surface area contributed by atoms with Gasteiger partial charge in [-0.2, -0.15) is 11.8 Å². The quantitative estimate of drug-likeness (QED) is 0.903. The SMILES string of the molecule is CC1SCCN(C(=O)c2ccccc2C(=O)O)C1C. The second-order valence-corrected chi connectivity index (χ2v) is 6.15. The molecule has 2 unspecified atom stereocenters. The lowest BCUT2D eigenvalue weighted by molar-refractivity contribution is 0.0654. The van der Waals surface area contributed by atoms with Gasteiger partial charge in [0.15, 0.2) is 0 Å². The number of carboxylic acid groups (broad SMARTS) is 1. The van der Waals surface area contributed by atoms with Crippen LogP contribution in [-0.4, -0.2) is 45.5 Å². The van der Waals surface area contributed by atoms with Crippen LogP contribution >= 0.6 is 11.8 Å². The van der Waals surface area contributed by atoms with Crippen molar-refractivity contribution in [3.63, 3.8) is 0 Å². The molecule has 19 heavy (non-hydrogen) atoms. The van der Waals surface area contributed by atoms with Crippen molar-refractivity contribution in [1.82, 2.24) is 4.90 Å². The number of amides is 1. The molecule has 5 heteroatoms. The van der Waals surface area contributed by atoms with Gasteiger partial charge in [-0.3, -0.25) is 4.79 Å². The van der Waals surface area contributed by atoms with E-state index >= 15 is 0 Å². The van der Waals surface area contributed by atoms with Gasteiger partial charge >= 0.3 is 5.97 Å². The van der Waals surface area contributed by atoms with Crippen LogP contribution in [0.3, 0.4) is 0 Å². The minimum atomic E-state index is -1.06. The van der Waals surface area contributed by atoms with Gasteiger partial charge in [0.2, 0.25) is 0 Å². The van der Waals surface area contributed by atoms with E-state index in [-0.39, 0.29) is 23.1 Å². The Morgan fingerprint density at radius 1 is 1.26 bits per heavy atom. The highest BCUT2D eigenvalue weighted by Crippen LogP contribution is 2.26. The van der Waals surface area contributed by atoms with Gasteiger partial charge in [-0.05, 0) is 19.1 Å². The molecule has 1 aromatic carbocycles. The third-order valence-electron chi connectivity index (χ3n) is 3.53. The standard InChI is InChI=1S/C14H17NO3S/c1-9-10(2)19-8-7-15(9)13(16)11-5-3-4-6-12(11)14(17)18/h3-6,9-10H,7-8H2,1-2H3,(H,17,18). The highest BCUT2D eigenvalue weighted by molar-refractivity contribution is 8.00. The van der Waals surface area contributed by atoms with Gasteiger partial charge in [0.05, 0.1) is 11.1 Å². The third-order valence-corrected chi connectivity index (χ3v) is 4.87. The molecule has 2 atom stereocenters. The van der Waals surface area contributed by atoms with Crippen molar-refractivity contribution in [2.24, 2.45) is 0 Å². The Morgan fingerprint density at radius 3 is 2.53 bits per heavy atom. The molecule has 1 heterocycles. The lowest BCUT2D eigenvalue weighted by Gasteiger charge is -2.37. The molecule has 0 spiro atoms. The number of rotatable bonds is 2. The highest BCUT2D eigenvalue weighted by atomic mass is 32.2. The zero-order valence-corrected chi connectivity index (χ0v) is 11.8. The van der Waals surface area contributed by atoms with Crippen molar-refractivity contribution < 1.29 is 14.7 Å². The summed E-state index contributed by atoms with van der Waals surface area (Å²) in [5.41, 5.74) is 0.353. The van der Waals surface area contributed by atoms with Crippen LogP contribution in [0.25, 0.3) is 0 Å². The minimum Gasteiger partial charge on any atom is -0.478 e. The predicted octanol–water partition coefficient (Wildman–Crippen LogP) is 2.35. The summed E-state index contributed by atoms with van der Waals surface area (Å²) >= 11 is 1.84. The molecule has 0 aliphatic carbocycles. The van der Waals surface area contributed by atoms with Crippen molar-refractivity contribution in [3.05, 3.63) is 35.4 Å². The topological polar surface area (TPSA) is 57.6 Å². The molecule has 4 nitrogen and oxygen atoms in total. The second kappa shape index (κ2) is 5.65. The zero-order chi connectivity index (χ0) is 14.0. The summed E-state index contributed by atoms with van der Waals surface area (Å²) in [6, 6.07) is 6.52. The van der Waals surface area contributed by atoms with Crippen LogP contribution in [0.4, 0.5) is 0 Å². The van der Waals surface area contributed by atoms with Crippen LogP contribution < -0.4 is 0 Å². The van der Waals surface area contributed by atoms with Gasteiger partial charge in [0, 0.05) is 23.6 Å². The van der Waals surface area contributed by atoms with Crippen LogP contribution in [0, 0.1) is 0 Å². The molecular formula is C14H17NO3S. The molecule has 1 N–H and O–H groups in total. The summed E-state index contributed by atoms with van der Waals surface area (Å²) in [6.07, 6.45) is 0. The molecular weight excluding hydrogens is 262 g/mol. The number of hydrogen-bond acceptors (Lipinski definition) is 3. The molecule has 1 fully saturated rings. The summed E-state index contributed by atoms with van der Waals surface area (Å²) in [5, 5.41) is 9.53. The second-order valence-electron chi connectivity index (χ2n) is 4.67. The molecule has 2 rings (SSSR count). The number of carboxylic acids is 1. The number of carbonyl (C=O) groups is 2. The van der Waals surface area contributed by atoms with E-state index in [0.717, 1.165) is 5.75 Å². The van der Waals surface area contributed by atoms with Crippen LogP contribution in [0.15, 0.2) is 24.3 Å². The molecule has 0 radical (unpaired) electrons. The molecule has 1 aliphatic rings. The fourth-order valence-electron chi connectivity index (χ4n) is 2.23. The summed E-state index contributed by atoms with van der Waals surface area (Å²) in [4.78, 5) is 25.5. The number of hydrogen-bond donors (Lipinski definition) is 1. The van der Waals surface area contributed by atoms with Gasteiger partial charge < -0.3 is 10.0 Å². The van der Waals surface area contributed by atoms with Gasteiger partial charge in [-0.25, -0.2) is 4.79 Å². The molecule has 0 aromatic heterocycles. The Labute approximate surface area is 116 Å². The fourth-order valence-corrected chi connectivity index (χ4v) is 3.33. The third kappa shape index (κ3) is 2.76. The van der Waals surface area contributed by atoms with Crippen molar-refractivity contribution >= 4 is 23.6 Å².